The van der Waals surface area contributed by atoms with Gasteiger partial charge in [-0.3, -0.25) is 0 Å². The van der Waals surface area contributed by atoms with Crippen molar-refractivity contribution >= 4 is 0 Å². The summed E-state index contributed by atoms with van der Waals surface area (Å²) in [5, 5.41) is 0. The Morgan fingerprint density at radius 1 is 0.679 bits per heavy atom. The van der Waals surface area contributed by atoms with Gasteiger partial charge in [-0.2, -0.15) is 0 Å². The summed E-state index contributed by atoms with van der Waals surface area (Å²) in [6.45, 7) is 11.6. The number of hydrogen-bond acceptors (Lipinski definition) is 1. The third-order valence-electron chi connectivity index (χ3n) is 5.69. The van der Waals surface area contributed by atoms with Gasteiger partial charge in [0.05, 0.1) is 7.11 Å². The first-order valence-electron chi connectivity index (χ1n) is 10.1. The fourth-order valence-electron chi connectivity index (χ4n) is 4.17. The molecule has 0 saturated carbocycles. The molecule has 0 aliphatic rings. The average Bonchev–Trinajstić information content (AvgIpc) is 2.72. The maximum atomic E-state index is 5.74. The molecule has 0 radical (unpaired) electrons. The van der Waals surface area contributed by atoms with Gasteiger partial charge in [0.2, 0.25) is 0 Å². The largest absolute Gasteiger partial charge is 0.497 e. The van der Waals surface area contributed by atoms with Gasteiger partial charge >= 0.3 is 0 Å². The molecule has 0 bridgehead atoms. The molecule has 3 rings (SSSR count). The highest BCUT2D eigenvalue weighted by Crippen LogP contribution is 2.42. The number of hydrogen-bond donors (Lipinski definition) is 0. The lowest BCUT2D eigenvalue weighted by Crippen LogP contribution is -2.20. The van der Waals surface area contributed by atoms with Gasteiger partial charge in [-0.1, -0.05) is 95.3 Å². The van der Waals surface area contributed by atoms with Crippen LogP contribution in [0.4, 0.5) is 0 Å². The SMILES string of the molecule is COc1cc([C@H](C)c2ccccc2)c(C(C)(C)C)c([C@H](C)c2ccccc2)c1. The maximum Gasteiger partial charge on any atom is 0.119 e. The molecule has 3 aromatic rings. The molecule has 0 fully saturated rings. The quantitative estimate of drug-likeness (QED) is 0.456. The van der Waals surface area contributed by atoms with Gasteiger partial charge in [0.1, 0.15) is 5.75 Å². The van der Waals surface area contributed by atoms with Gasteiger partial charge in [-0.25, -0.2) is 0 Å². The van der Waals surface area contributed by atoms with Crippen LogP contribution in [0, 0.1) is 0 Å². The number of methoxy groups -OCH3 is 1. The van der Waals surface area contributed by atoms with E-state index in [2.05, 4.69) is 107 Å². The second kappa shape index (κ2) is 8.22. The van der Waals surface area contributed by atoms with Gasteiger partial charge in [0.15, 0.2) is 0 Å². The van der Waals surface area contributed by atoms with Gasteiger partial charge in [0, 0.05) is 11.8 Å². The summed E-state index contributed by atoms with van der Waals surface area (Å²) in [7, 11) is 1.76. The van der Waals surface area contributed by atoms with Crippen molar-refractivity contribution in [3.05, 3.63) is 101 Å². The molecule has 0 aliphatic carbocycles. The van der Waals surface area contributed by atoms with Crippen molar-refractivity contribution in [2.75, 3.05) is 7.11 Å². The molecule has 0 heterocycles. The second-order valence-electron chi connectivity index (χ2n) is 8.70. The van der Waals surface area contributed by atoms with Crippen molar-refractivity contribution < 1.29 is 4.74 Å². The summed E-state index contributed by atoms with van der Waals surface area (Å²) >= 11 is 0. The molecule has 2 atom stereocenters. The fraction of sp³-hybridized carbons (Fsp3) is 0.333. The highest BCUT2D eigenvalue weighted by Gasteiger charge is 2.28. The Morgan fingerprint density at radius 3 is 1.39 bits per heavy atom. The summed E-state index contributed by atoms with van der Waals surface area (Å²) in [4.78, 5) is 0. The predicted molar refractivity (Wildman–Crippen MR) is 120 cm³/mol. The standard InChI is InChI=1S/C27H32O/c1-19(21-13-9-7-10-14-21)24-17-23(28-6)18-25(26(24)27(3,4)5)20(2)22-15-11-8-12-16-22/h7-20H,1-6H3/t19-,20-/m1/s1. The molecule has 0 aromatic heterocycles. The van der Waals surface area contributed by atoms with E-state index in [1.54, 1.807) is 7.11 Å². The lowest BCUT2D eigenvalue weighted by molar-refractivity contribution is 0.412. The van der Waals surface area contributed by atoms with Crippen LogP contribution < -0.4 is 4.74 Å². The molecule has 0 unspecified atom stereocenters. The average molecular weight is 373 g/mol. The van der Waals surface area contributed by atoms with Crippen molar-refractivity contribution in [3.8, 4) is 5.75 Å². The summed E-state index contributed by atoms with van der Waals surface area (Å²) in [5.41, 5.74) is 6.84. The second-order valence-corrected chi connectivity index (χ2v) is 8.70. The Morgan fingerprint density at radius 2 is 1.07 bits per heavy atom. The van der Waals surface area contributed by atoms with Gasteiger partial charge in [0.25, 0.3) is 0 Å². The van der Waals surface area contributed by atoms with Crippen molar-refractivity contribution in [3.63, 3.8) is 0 Å². The van der Waals surface area contributed by atoms with E-state index in [0.717, 1.165) is 5.75 Å². The Labute approximate surface area is 170 Å². The summed E-state index contributed by atoms with van der Waals surface area (Å²) < 4.78 is 5.74. The van der Waals surface area contributed by atoms with Gasteiger partial charge < -0.3 is 4.74 Å². The van der Waals surface area contributed by atoms with Gasteiger partial charge in [-0.15, -0.1) is 0 Å². The van der Waals surface area contributed by atoms with Crippen LogP contribution in [-0.2, 0) is 5.41 Å². The minimum absolute atomic E-state index is 0.0308. The van der Waals surface area contributed by atoms with E-state index in [0.29, 0.717) is 11.8 Å². The molecular formula is C27H32O. The smallest absolute Gasteiger partial charge is 0.119 e. The van der Waals surface area contributed by atoms with Gasteiger partial charge in [-0.05, 0) is 45.4 Å². The molecule has 0 N–H and O–H groups in total. The highest BCUT2D eigenvalue weighted by molar-refractivity contribution is 5.53. The van der Waals surface area contributed by atoms with E-state index in [1.165, 1.54) is 27.8 Å². The zero-order valence-corrected chi connectivity index (χ0v) is 18.0. The third kappa shape index (κ3) is 4.14. The van der Waals surface area contributed by atoms with Crippen molar-refractivity contribution in [1.29, 1.82) is 0 Å². The molecule has 146 valence electrons. The molecule has 28 heavy (non-hydrogen) atoms. The number of ether oxygens (including phenoxy) is 1. The zero-order valence-electron chi connectivity index (χ0n) is 18.0. The Kier molecular flexibility index (Phi) is 5.93. The van der Waals surface area contributed by atoms with Crippen molar-refractivity contribution in [1.82, 2.24) is 0 Å². The first-order valence-corrected chi connectivity index (χ1v) is 10.1. The van der Waals surface area contributed by atoms with Crippen molar-refractivity contribution in [2.24, 2.45) is 0 Å². The van der Waals surface area contributed by atoms with Crippen LogP contribution in [-0.4, -0.2) is 7.11 Å². The molecule has 3 aromatic carbocycles. The van der Waals surface area contributed by atoms with E-state index < -0.39 is 0 Å². The lowest BCUT2D eigenvalue weighted by atomic mass is 9.73. The molecule has 0 amide bonds. The van der Waals surface area contributed by atoms with Crippen LogP contribution in [0.1, 0.15) is 74.3 Å². The predicted octanol–water partition coefficient (Wildman–Crippen LogP) is 7.30. The van der Waals surface area contributed by atoms with E-state index in [1.807, 2.05) is 0 Å². The van der Waals surface area contributed by atoms with Crippen LogP contribution in [0.15, 0.2) is 72.8 Å². The van der Waals surface area contributed by atoms with Crippen LogP contribution in [0.25, 0.3) is 0 Å². The first kappa shape index (κ1) is 20.2. The highest BCUT2D eigenvalue weighted by atomic mass is 16.5. The number of benzene rings is 3. The third-order valence-corrected chi connectivity index (χ3v) is 5.69. The van der Waals surface area contributed by atoms with Crippen molar-refractivity contribution in [2.45, 2.75) is 51.9 Å². The Balaban J connectivity index is 2.24. The zero-order chi connectivity index (χ0) is 20.3. The Hall–Kier alpha value is -2.54. The summed E-state index contributed by atoms with van der Waals surface area (Å²) in [6, 6.07) is 26.0. The topological polar surface area (TPSA) is 9.23 Å². The monoisotopic (exact) mass is 372 g/mol. The van der Waals surface area contributed by atoms with Crippen LogP contribution in [0.3, 0.4) is 0 Å². The van der Waals surface area contributed by atoms with Crippen LogP contribution >= 0.6 is 0 Å². The Bertz CT molecular complexity index is 837. The maximum absolute atomic E-state index is 5.74. The normalized spacial score (nSPS) is 13.8. The molecule has 1 heteroatoms. The van der Waals surface area contributed by atoms with E-state index in [9.17, 15) is 0 Å². The first-order chi connectivity index (χ1) is 13.3. The minimum Gasteiger partial charge on any atom is -0.497 e. The minimum atomic E-state index is 0.0308. The van der Waals surface area contributed by atoms with Crippen LogP contribution in [0.2, 0.25) is 0 Å². The van der Waals surface area contributed by atoms with Crippen LogP contribution in [0.5, 0.6) is 5.75 Å². The molecule has 0 spiro atoms. The van der Waals surface area contributed by atoms with E-state index in [4.69, 9.17) is 4.74 Å². The van der Waals surface area contributed by atoms with E-state index >= 15 is 0 Å². The fourth-order valence-corrected chi connectivity index (χ4v) is 4.17. The molecule has 0 aliphatic heterocycles. The van der Waals surface area contributed by atoms with E-state index in [-0.39, 0.29) is 5.41 Å². The summed E-state index contributed by atoms with van der Waals surface area (Å²) in [5.74, 6) is 1.53. The molecule has 0 saturated heterocycles. The summed E-state index contributed by atoms with van der Waals surface area (Å²) in [6.07, 6.45) is 0. The lowest BCUT2D eigenvalue weighted by Gasteiger charge is -2.32. The molecule has 1 nitrogen and oxygen atoms in total. The molecular weight excluding hydrogens is 340 g/mol. The number of rotatable bonds is 5.